The van der Waals surface area contributed by atoms with Crippen molar-refractivity contribution in [2.45, 2.75) is 50.7 Å². The SMILES string of the molecule is C=CCO[C@@H]1C[C@H](n2cc(I)c(=O)[nH]c2=O)O[C@@H]1CO[Si](c1ccccc1)(c1ccccc1)C(C)(C)C. The second-order valence-electron chi connectivity index (χ2n) is 10.1. The first-order valence-corrected chi connectivity index (χ1v) is 15.3. The van der Waals surface area contributed by atoms with Crippen LogP contribution in [-0.2, 0) is 13.9 Å². The van der Waals surface area contributed by atoms with Crippen LogP contribution in [0.1, 0.15) is 33.4 Å². The summed E-state index contributed by atoms with van der Waals surface area (Å²) in [6.07, 6.45) is 2.37. The standard InChI is InChI=1S/C28H33IN2O5Si/c1-5-16-34-23-17-25(31-18-22(29)26(32)30-27(31)33)36-24(23)19-35-37(28(2,3)4,20-12-8-6-9-13-20)21-14-10-7-11-15-21/h5-15,18,23-25H,1,16-17,19H2,2-4H3,(H,30,32,33)/t23-,24-,25-/m1/s1. The Balaban J connectivity index is 1.70. The van der Waals surface area contributed by atoms with E-state index in [-0.39, 0.29) is 11.1 Å². The molecule has 9 heteroatoms. The molecule has 0 radical (unpaired) electrons. The second-order valence-corrected chi connectivity index (χ2v) is 15.6. The van der Waals surface area contributed by atoms with Gasteiger partial charge in [0, 0.05) is 12.6 Å². The molecule has 196 valence electrons. The molecule has 3 atom stereocenters. The fourth-order valence-electron chi connectivity index (χ4n) is 5.03. The lowest BCUT2D eigenvalue weighted by molar-refractivity contribution is -0.0551. The summed E-state index contributed by atoms with van der Waals surface area (Å²) in [6.45, 7) is 11.1. The van der Waals surface area contributed by atoms with Crippen LogP contribution >= 0.6 is 22.6 Å². The van der Waals surface area contributed by atoms with Crippen molar-refractivity contribution in [3.63, 3.8) is 0 Å². The lowest BCUT2D eigenvalue weighted by atomic mass is 10.2. The highest BCUT2D eigenvalue weighted by atomic mass is 127. The summed E-state index contributed by atoms with van der Waals surface area (Å²) >= 11 is 1.91. The summed E-state index contributed by atoms with van der Waals surface area (Å²) in [4.78, 5) is 26.8. The molecule has 7 nitrogen and oxygen atoms in total. The summed E-state index contributed by atoms with van der Waals surface area (Å²) in [6, 6.07) is 20.8. The highest BCUT2D eigenvalue weighted by molar-refractivity contribution is 14.1. The fourth-order valence-corrected chi connectivity index (χ4v) is 10.0. The molecule has 0 spiro atoms. The molecule has 0 bridgehead atoms. The quantitative estimate of drug-likeness (QED) is 0.222. The van der Waals surface area contributed by atoms with Crippen LogP contribution < -0.4 is 21.6 Å². The lowest BCUT2D eigenvalue weighted by Gasteiger charge is -2.43. The maximum absolute atomic E-state index is 12.6. The molecule has 0 unspecified atom stereocenters. The Bertz CT molecular complexity index is 1280. The van der Waals surface area contributed by atoms with Gasteiger partial charge in [-0.25, -0.2) is 4.79 Å². The molecule has 3 aromatic rings. The number of aromatic nitrogens is 2. The van der Waals surface area contributed by atoms with Gasteiger partial charge in [0.05, 0.1) is 22.9 Å². The monoisotopic (exact) mass is 632 g/mol. The maximum Gasteiger partial charge on any atom is 0.330 e. The molecule has 0 amide bonds. The zero-order valence-electron chi connectivity index (χ0n) is 21.4. The molecule has 1 aromatic heterocycles. The van der Waals surface area contributed by atoms with Crippen LogP contribution in [0.15, 0.2) is 89.1 Å². The van der Waals surface area contributed by atoms with Crippen LogP contribution in [0.25, 0.3) is 0 Å². The van der Waals surface area contributed by atoms with Crippen LogP contribution in [-0.4, -0.2) is 43.3 Å². The van der Waals surface area contributed by atoms with Crippen molar-refractivity contribution in [3.8, 4) is 0 Å². The summed E-state index contributed by atoms with van der Waals surface area (Å²) in [5, 5.41) is 2.17. The number of ether oxygens (including phenoxy) is 2. The first-order valence-electron chi connectivity index (χ1n) is 12.3. The van der Waals surface area contributed by atoms with Crippen molar-refractivity contribution < 1.29 is 13.9 Å². The minimum absolute atomic E-state index is 0.183. The van der Waals surface area contributed by atoms with E-state index in [0.29, 0.717) is 23.2 Å². The van der Waals surface area contributed by atoms with Gasteiger partial charge < -0.3 is 13.9 Å². The predicted octanol–water partition coefficient (Wildman–Crippen LogP) is 3.58. The average Bonchev–Trinajstić information content (AvgIpc) is 3.28. The van der Waals surface area contributed by atoms with Gasteiger partial charge in [0.25, 0.3) is 13.9 Å². The Morgan fingerprint density at radius 2 is 1.70 bits per heavy atom. The minimum atomic E-state index is -2.78. The molecule has 2 heterocycles. The number of H-pyrrole nitrogens is 1. The van der Waals surface area contributed by atoms with E-state index in [1.807, 2.05) is 34.7 Å². The molecule has 1 fully saturated rings. The molecule has 1 N–H and O–H groups in total. The van der Waals surface area contributed by atoms with Gasteiger partial charge in [0.1, 0.15) is 12.3 Å². The largest absolute Gasteiger partial charge is 0.405 e. The smallest absolute Gasteiger partial charge is 0.330 e. The van der Waals surface area contributed by atoms with Gasteiger partial charge in [-0.05, 0) is 38.0 Å². The molecule has 0 aliphatic carbocycles. The Morgan fingerprint density at radius 3 is 2.24 bits per heavy atom. The number of benzene rings is 2. The highest BCUT2D eigenvalue weighted by Gasteiger charge is 2.51. The first kappa shape index (κ1) is 27.7. The van der Waals surface area contributed by atoms with E-state index in [0.717, 1.165) is 0 Å². The molecular weight excluding hydrogens is 599 g/mol. The van der Waals surface area contributed by atoms with Gasteiger partial charge in [-0.3, -0.25) is 14.3 Å². The van der Waals surface area contributed by atoms with Gasteiger partial charge in [0.2, 0.25) is 0 Å². The normalized spacial score (nSPS) is 20.2. The molecular formula is C28H33IN2O5Si. The topological polar surface area (TPSA) is 82.6 Å². The van der Waals surface area contributed by atoms with Crippen molar-refractivity contribution in [3.05, 3.63) is 104 Å². The Labute approximate surface area is 231 Å². The molecule has 1 saturated heterocycles. The molecule has 2 aromatic carbocycles. The van der Waals surface area contributed by atoms with Gasteiger partial charge in [-0.2, -0.15) is 0 Å². The zero-order chi connectivity index (χ0) is 26.6. The van der Waals surface area contributed by atoms with E-state index in [2.05, 4.69) is 80.9 Å². The van der Waals surface area contributed by atoms with Gasteiger partial charge in [-0.1, -0.05) is 87.5 Å². The number of aromatic amines is 1. The molecule has 37 heavy (non-hydrogen) atoms. The summed E-state index contributed by atoms with van der Waals surface area (Å²) < 4.78 is 21.4. The third-order valence-corrected chi connectivity index (χ3v) is 12.5. The number of halogens is 1. The fraction of sp³-hybridized carbons (Fsp3) is 0.357. The molecule has 1 aliphatic rings. The molecule has 0 saturated carbocycles. The highest BCUT2D eigenvalue weighted by Crippen LogP contribution is 2.38. The van der Waals surface area contributed by atoms with Crippen molar-refractivity contribution in [1.29, 1.82) is 0 Å². The van der Waals surface area contributed by atoms with E-state index >= 15 is 0 Å². The van der Waals surface area contributed by atoms with Crippen LogP contribution in [0.2, 0.25) is 5.04 Å². The number of nitrogens with zero attached hydrogens (tertiary/aromatic N) is 1. The van der Waals surface area contributed by atoms with Crippen LogP contribution in [0, 0.1) is 3.57 Å². The number of hydrogen-bond donors (Lipinski definition) is 1. The van der Waals surface area contributed by atoms with Gasteiger partial charge >= 0.3 is 5.69 Å². The molecule has 4 rings (SSSR count). The average molecular weight is 633 g/mol. The van der Waals surface area contributed by atoms with E-state index in [9.17, 15) is 9.59 Å². The number of rotatable bonds is 9. The Kier molecular flexibility index (Phi) is 8.69. The van der Waals surface area contributed by atoms with E-state index in [4.69, 9.17) is 13.9 Å². The third kappa shape index (κ3) is 5.75. The lowest BCUT2D eigenvalue weighted by Crippen LogP contribution is -2.67. The predicted molar refractivity (Wildman–Crippen MR) is 156 cm³/mol. The van der Waals surface area contributed by atoms with Crippen LogP contribution in [0.3, 0.4) is 0 Å². The van der Waals surface area contributed by atoms with Gasteiger partial charge in [0.15, 0.2) is 0 Å². The number of nitrogens with one attached hydrogen (secondary N) is 1. The minimum Gasteiger partial charge on any atom is -0.405 e. The third-order valence-electron chi connectivity index (χ3n) is 6.72. The zero-order valence-corrected chi connectivity index (χ0v) is 24.5. The van der Waals surface area contributed by atoms with Crippen molar-refractivity contribution in [1.82, 2.24) is 9.55 Å². The van der Waals surface area contributed by atoms with Crippen molar-refractivity contribution in [2.24, 2.45) is 0 Å². The molecule has 1 aliphatic heterocycles. The van der Waals surface area contributed by atoms with E-state index in [1.54, 1.807) is 6.08 Å². The Hall–Kier alpha value is -2.31. The van der Waals surface area contributed by atoms with E-state index < -0.39 is 31.9 Å². The van der Waals surface area contributed by atoms with Gasteiger partial charge in [-0.15, -0.1) is 6.58 Å². The summed E-state index contributed by atoms with van der Waals surface area (Å²) in [5.74, 6) is 0. The van der Waals surface area contributed by atoms with Crippen LogP contribution in [0.5, 0.6) is 0 Å². The van der Waals surface area contributed by atoms with Crippen molar-refractivity contribution >= 4 is 41.3 Å². The second kappa shape index (κ2) is 11.6. The Morgan fingerprint density at radius 1 is 1.11 bits per heavy atom. The first-order chi connectivity index (χ1) is 17.7. The maximum atomic E-state index is 12.6. The number of hydrogen-bond acceptors (Lipinski definition) is 5. The summed E-state index contributed by atoms with van der Waals surface area (Å²) in [7, 11) is -2.78. The van der Waals surface area contributed by atoms with E-state index in [1.165, 1.54) is 21.1 Å². The van der Waals surface area contributed by atoms with Crippen molar-refractivity contribution in [2.75, 3.05) is 13.2 Å². The summed E-state index contributed by atoms with van der Waals surface area (Å²) in [5.41, 5.74) is -0.919. The van der Waals surface area contributed by atoms with Crippen LogP contribution in [0.4, 0.5) is 0 Å².